The van der Waals surface area contributed by atoms with Crippen molar-refractivity contribution in [3.8, 4) is 0 Å². The summed E-state index contributed by atoms with van der Waals surface area (Å²) in [5, 5.41) is 0. The minimum atomic E-state index is 0.678. The molecule has 1 aliphatic carbocycles. The van der Waals surface area contributed by atoms with Crippen molar-refractivity contribution in [1.29, 1.82) is 0 Å². The van der Waals surface area contributed by atoms with E-state index in [0.29, 0.717) is 5.92 Å². The molecule has 0 amide bonds. The second-order valence-electron chi connectivity index (χ2n) is 4.93. The minimum absolute atomic E-state index is 0.678. The fraction of sp³-hybridized carbons (Fsp3) is 0.467. The van der Waals surface area contributed by atoms with Gasteiger partial charge in [-0.3, -0.25) is 0 Å². The van der Waals surface area contributed by atoms with Gasteiger partial charge in [0.15, 0.2) is 0 Å². The van der Waals surface area contributed by atoms with E-state index in [9.17, 15) is 0 Å². The molecule has 1 aliphatic heterocycles. The van der Waals surface area contributed by atoms with E-state index in [-0.39, 0.29) is 0 Å². The smallest absolute Gasteiger partial charge is 0.00277 e. The summed E-state index contributed by atoms with van der Waals surface area (Å²) in [5.41, 5.74) is 2.96. The zero-order valence-electron chi connectivity index (χ0n) is 9.73. The highest BCUT2D eigenvalue weighted by Crippen LogP contribution is 2.33. The maximum atomic E-state index is 2.56. The van der Waals surface area contributed by atoms with Crippen LogP contribution in [0.2, 0.25) is 0 Å². The number of fused-ring (bicyclic) bond motifs is 1. The number of benzene rings is 1. The van der Waals surface area contributed by atoms with Gasteiger partial charge in [0.2, 0.25) is 0 Å². The van der Waals surface area contributed by atoms with Crippen LogP contribution in [0.4, 0.5) is 0 Å². The van der Waals surface area contributed by atoms with Crippen molar-refractivity contribution in [2.75, 3.05) is 19.6 Å². The first kappa shape index (κ1) is 10.1. The Labute approximate surface area is 97.8 Å². The first-order valence-corrected chi connectivity index (χ1v) is 6.43. The topological polar surface area (TPSA) is 3.24 Å². The van der Waals surface area contributed by atoms with Gasteiger partial charge in [0, 0.05) is 5.92 Å². The van der Waals surface area contributed by atoms with Crippen LogP contribution in [0.3, 0.4) is 0 Å². The van der Waals surface area contributed by atoms with Crippen LogP contribution in [-0.2, 0) is 0 Å². The molecule has 1 atom stereocenters. The number of allylic oxidation sites excluding steroid dienone is 1. The molecule has 1 nitrogen and oxygen atoms in total. The fourth-order valence-corrected chi connectivity index (χ4v) is 2.72. The van der Waals surface area contributed by atoms with E-state index >= 15 is 0 Å². The van der Waals surface area contributed by atoms with E-state index in [2.05, 4.69) is 41.3 Å². The van der Waals surface area contributed by atoms with Gasteiger partial charge >= 0.3 is 0 Å². The van der Waals surface area contributed by atoms with Crippen LogP contribution in [0.15, 0.2) is 30.3 Å². The van der Waals surface area contributed by atoms with Crippen molar-refractivity contribution in [3.05, 3.63) is 41.5 Å². The third kappa shape index (κ3) is 1.92. The second-order valence-corrected chi connectivity index (χ2v) is 4.93. The zero-order valence-corrected chi connectivity index (χ0v) is 9.73. The van der Waals surface area contributed by atoms with Crippen molar-refractivity contribution < 1.29 is 0 Å². The minimum Gasteiger partial charge on any atom is -0.303 e. The van der Waals surface area contributed by atoms with Gasteiger partial charge in [0.05, 0.1) is 0 Å². The predicted octanol–water partition coefficient (Wildman–Crippen LogP) is 3.28. The van der Waals surface area contributed by atoms with E-state index in [1.165, 1.54) is 50.0 Å². The Bertz CT molecular complexity index is 390. The molecule has 1 aromatic carbocycles. The Balaban J connectivity index is 1.54. The summed E-state index contributed by atoms with van der Waals surface area (Å²) in [5.74, 6) is 0.678. The molecule has 0 saturated carbocycles. The molecule has 0 radical (unpaired) electrons. The number of likely N-dealkylation sites (tertiary alicyclic amines) is 1. The molecule has 1 heterocycles. The highest BCUT2D eigenvalue weighted by Gasteiger charge is 2.17. The summed E-state index contributed by atoms with van der Waals surface area (Å²) in [4.78, 5) is 2.56. The number of nitrogens with zero attached hydrogens (tertiary/aromatic N) is 1. The van der Waals surface area contributed by atoms with Gasteiger partial charge in [0.1, 0.15) is 0 Å². The Morgan fingerprint density at radius 3 is 2.88 bits per heavy atom. The summed E-state index contributed by atoms with van der Waals surface area (Å²) in [6.45, 7) is 3.96. The Kier molecular flexibility index (Phi) is 2.79. The van der Waals surface area contributed by atoms with E-state index in [4.69, 9.17) is 0 Å². The molecule has 0 bridgehead atoms. The first-order chi connectivity index (χ1) is 7.93. The van der Waals surface area contributed by atoms with Crippen LogP contribution in [0.1, 0.15) is 36.3 Å². The third-order valence-corrected chi connectivity index (χ3v) is 3.84. The molecule has 2 aliphatic rings. The van der Waals surface area contributed by atoms with E-state index < -0.39 is 0 Å². The van der Waals surface area contributed by atoms with Gasteiger partial charge in [-0.15, -0.1) is 0 Å². The van der Waals surface area contributed by atoms with Crippen LogP contribution in [0, 0.1) is 0 Å². The molecular formula is C15H19N. The summed E-state index contributed by atoms with van der Waals surface area (Å²) in [6.07, 6.45) is 8.71. The monoisotopic (exact) mass is 213 g/mol. The van der Waals surface area contributed by atoms with Crippen molar-refractivity contribution in [3.63, 3.8) is 0 Å². The lowest BCUT2D eigenvalue weighted by atomic mass is 9.96. The quantitative estimate of drug-likeness (QED) is 0.742. The molecule has 1 saturated heterocycles. The Morgan fingerprint density at radius 2 is 2.06 bits per heavy atom. The fourth-order valence-electron chi connectivity index (χ4n) is 2.72. The summed E-state index contributed by atoms with van der Waals surface area (Å²) < 4.78 is 0. The van der Waals surface area contributed by atoms with Crippen LogP contribution in [0.5, 0.6) is 0 Å². The van der Waals surface area contributed by atoms with Crippen molar-refractivity contribution >= 4 is 6.08 Å². The molecule has 0 aromatic heterocycles. The van der Waals surface area contributed by atoms with Crippen LogP contribution < -0.4 is 0 Å². The molecule has 1 unspecified atom stereocenters. The number of hydrogen-bond donors (Lipinski definition) is 0. The molecule has 84 valence electrons. The predicted molar refractivity (Wildman–Crippen MR) is 68.5 cm³/mol. The van der Waals surface area contributed by atoms with Gasteiger partial charge < -0.3 is 4.90 Å². The highest BCUT2D eigenvalue weighted by molar-refractivity contribution is 5.62. The van der Waals surface area contributed by atoms with E-state index in [0.717, 1.165) is 0 Å². The van der Waals surface area contributed by atoms with Gasteiger partial charge in [0.25, 0.3) is 0 Å². The lowest BCUT2D eigenvalue weighted by molar-refractivity contribution is 0.177. The Morgan fingerprint density at radius 1 is 1.19 bits per heavy atom. The van der Waals surface area contributed by atoms with Crippen molar-refractivity contribution in [2.45, 2.75) is 25.2 Å². The summed E-state index contributed by atoms with van der Waals surface area (Å²) in [6, 6.07) is 8.80. The zero-order chi connectivity index (χ0) is 10.8. The molecule has 1 heteroatoms. The third-order valence-electron chi connectivity index (χ3n) is 3.84. The molecule has 0 N–H and O–H groups in total. The number of hydrogen-bond acceptors (Lipinski definition) is 1. The van der Waals surface area contributed by atoms with E-state index in [1.807, 2.05) is 0 Å². The van der Waals surface area contributed by atoms with Crippen LogP contribution in [-0.4, -0.2) is 24.5 Å². The largest absolute Gasteiger partial charge is 0.303 e. The number of rotatable bonds is 4. The average Bonchev–Trinajstić information content (AvgIpc) is 2.65. The van der Waals surface area contributed by atoms with Gasteiger partial charge in [-0.1, -0.05) is 36.4 Å². The SMILES string of the molecule is C1=CC(CCCN2CCC2)c2ccccc21. The van der Waals surface area contributed by atoms with Crippen LogP contribution in [0.25, 0.3) is 6.08 Å². The molecular weight excluding hydrogens is 194 g/mol. The highest BCUT2D eigenvalue weighted by atomic mass is 15.2. The van der Waals surface area contributed by atoms with Crippen LogP contribution >= 0.6 is 0 Å². The summed E-state index contributed by atoms with van der Waals surface area (Å²) in [7, 11) is 0. The lowest BCUT2D eigenvalue weighted by Gasteiger charge is -2.30. The van der Waals surface area contributed by atoms with Gasteiger partial charge in [-0.2, -0.15) is 0 Å². The molecule has 16 heavy (non-hydrogen) atoms. The average molecular weight is 213 g/mol. The van der Waals surface area contributed by atoms with Gasteiger partial charge in [-0.05, 0) is 50.0 Å². The first-order valence-electron chi connectivity index (χ1n) is 6.43. The van der Waals surface area contributed by atoms with Crippen molar-refractivity contribution in [1.82, 2.24) is 4.90 Å². The normalized spacial score (nSPS) is 23.1. The molecule has 1 aromatic rings. The summed E-state index contributed by atoms with van der Waals surface area (Å²) >= 11 is 0. The van der Waals surface area contributed by atoms with E-state index in [1.54, 1.807) is 0 Å². The lowest BCUT2D eigenvalue weighted by Crippen LogP contribution is -2.37. The molecule has 0 spiro atoms. The van der Waals surface area contributed by atoms with Crippen molar-refractivity contribution in [2.24, 2.45) is 0 Å². The molecule has 3 rings (SSSR count). The standard InChI is InChI=1S/C15H19N/c1-2-7-15-13(5-1)8-9-14(15)6-3-10-16-11-4-12-16/h1-2,5,7-9,14H,3-4,6,10-12H2. The maximum absolute atomic E-state index is 2.56. The second kappa shape index (κ2) is 4.42. The van der Waals surface area contributed by atoms with Gasteiger partial charge in [-0.25, -0.2) is 0 Å². The Hall–Kier alpha value is -1.08. The maximum Gasteiger partial charge on any atom is 0.00277 e. The molecule has 1 fully saturated rings.